The van der Waals surface area contributed by atoms with Gasteiger partial charge in [-0.05, 0) is 144 Å². The van der Waals surface area contributed by atoms with Crippen LogP contribution in [0.4, 0.5) is 9.59 Å². The number of esters is 1. The highest BCUT2D eigenvalue weighted by Gasteiger charge is 2.32. The first-order chi connectivity index (χ1) is 27.0. The van der Waals surface area contributed by atoms with E-state index in [1.807, 2.05) is 48.5 Å². The number of hydrogen-bond acceptors (Lipinski definition) is 10. The molecule has 0 aromatic heterocycles. The number of carbonyl (C=O) groups excluding carboxylic acids is 5. The number of hydrogen-bond donors (Lipinski definition) is 3. The maximum absolute atomic E-state index is 13.7. The molecule has 0 radical (unpaired) electrons. The molecule has 0 spiro atoms. The molecule has 3 N–H and O–H groups in total. The Bertz CT molecular complexity index is 1610. The highest BCUT2D eigenvalue weighted by Crippen LogP contribution is 2.30. The lowest BCUT2D eigenvalue weighted by molar-refractivity contribution is -0.145. The number of benzene rings is 1. The van der Waals surface area contributed by atoms with Crippen LogP contribution in [0, 0.1) is 38.5 Å². The number of nitrogens with zero attached hydrogens (tertiary/aromatic N) is 2. The van der Waals surface area contributed by atoms with Crippen molar-refractivity contribution in [1.82, 2.24) is 25.2 Å². The molecule has 15 nitrogen and oxygen atoms in total. The Morgan fingerprint density at radius 1 is 0.759 bits per heavy atom. The van der Waals surface area contributed by atoms with E-state index in [1.54, 1.807) is 42.7 Å². The first-order valence-electron chi connectivity index (χ1n) is 20.7. The van der Waals surface area contributed by atoms with Crippen LogP contribution in [0.3, 0.4) is 0 Å². The van der Waals surface area contributed by atoms with E-state index in [1.165, 1.54) is 0 Å². The Kier molecular flexibility index (Phi) is 17.9. The predicted molar refractivity (Wildman–Crippen MR) is 220 cm³/mol. The number of ether oxygens (including phenoxy) is 3. The van der Waals surface area contributed by atoms with Gasteiger partial charge >= 0.3 is 18.2 Å². The molecular formula is C42H69N5O10S. The summed E-state index contributed by atoms with van der Waals surface area (Å²) < 4.78 is 45.5. The molecular weight excluding hydrogens is 767 g/mol. The number of rotatable bonds is 16. The summed E-state index contributed by atoms with van der Waals surface area (Å²) in [6, 6.07) is 2.08. The lowest BCUT2D eigenvalue weighted by Crippen LogP contribution is -2.50. The molecule has 2 saturated heterocycles. The molecule has 16 heteroatoms. The zero-order valence-corrected chi connectivity index (χ0v) is 37.3. The van der Waals surface area contributed by atoms with Crippen molar-refractivity contribution in [3.63, 3.8) is 0 Å². The highest BCUT2D eigenvalue weighted by atomic mass is 32.2. The number of piperidine rings is 2. The van der Waals surface area contributed by atoms with Crippen LogP contribution in [0.25, 0.3) is 0 Å². The standard InChI is InChI=1S/C42H69N5O10S/c1-11-55-38(50)34(45-58(53,54)36-29(3)24-28(2)25-30(36)4)26-43-35(48)27-44-37(49)33(14-12-31-16-20-46(21-17-31)39(51)56-41(5,6)7)15-13-32-18-22-47(23-19-32)40(52)57-42(8,9)10/h24-25,31-34,45H,11-23,26-27H2,1-10H3,(H,43,48)(H,44,49)/t34-/m0/s1. The summed E-state index contributed by atoms with van der Waals surface area (Å²) >= 11 is 0. The van der Waals surface area contributed by atoms with Gasteiger partial charge in [0.25, 0.3) is 0 Å². The number of likely N-dealkylation sites (tertiary alicyclic amines) is 2. The minimum atomic E-state index is -4.17. The van der Waals surface area contributed by atoms with Crippen molar-refractivity contribution >= 4 is 40.0 Å². The molecule has 2 fully saturated rings. The summed E-state index contributed by atoms with van der Waals surface area (Å²) in [5.41, 5.74) is 0.794. The minimum absolute atomic E-state index is 0.0107. The Morgan fingerprint density at radius 2 is 1.21 bits per heavy atom. The smallest absolute Gasteiger partial charge is 0.410 e. The quantitative estimate of drug-likeness (QED) is 0.141. The van der Waals surface area contributed by atoms with Crippen molar-refractivity contribution in [2.45, 2.75) is 143 Å². The summed E-state index contributed by atoms with van der Waals surface area (Å²) in [4.78, 5) is 68.3. The minimum Gasteiger partial charge on any atom is -0.465 e. The first-order valence-corrected chi connectivity index (χ1v) is 22.2. The SMILES string of the molecule is CCOC(=O)[C@H](CNC(=O)CNC(=O)C(CCC1CCN(C(=O)OC(C)(C)C)CC1)CCC1CCN(C(=O)OC(C)(C)C)CC1)NS(=O)(=O)c1c(C)cc(C)cc1C. The maximum atomic E-state index is 13.7. The first kappa shape index (κ1) is 48.4. The van der Waals surface area contributed by atoms with Gasteiger partial charge in [0.05, 0.1) is 18.0 Å². The third kappa shape index (κ3) is 16.0. The molecule has 0 bridgehead atoms. The molecule has 1 aromatic rings. The van der Waals surface area contributed by atoms with Crippen LogP contribution >= 0.6 is 0 Å². The van der Waals surface area contributed by atoms with Crippen molar-refractivity contribution in [2.24, 2.45) is 17.8 Å². The molecule has 2 aliphatic heterocycles. The third-order valence-electron chi connectivity index (χ3n) is 10.4. The Balaban J connectivity index is 1.61. The Morgan fingerprint density at radius 3 is 1.62 bits per heavy atom. The molecule has 1 aromatic carbocycles. The lowest BCUT2D eigenvalue weighted by atomic mass is 9.84. The zero-order valence-electron chi connectivity index (χ0n) is 36.5. The lowest BCUT2D eigenvalue weighted by Gasteiger charge is -2.34. The predicted octanol–water partition coefficient (Wildman–Crippen LogP) is 5.53. The van der Waals surface area contributed by atoms with E-state index in [9.17, 15) is 32.4 Å². The van der Waals surface area contributed by atoms with E-state index in [0.717, 1.165) is 44.1 Å². The Hall–Kier alpha value is -3.92. The van der Waals surface area contributed by atoms with E-state index < -0.39 is 39.1 Å². The van der Waals surface area contributed by atoms with Crippen LogP contribution < -0.4 is 15.4 Å². The van der Waals surface area contributed by atoms with E-state index in [0.29, 0.717) is 62.0 Å². The van der Waals surface area contributed by atoms with Crippen LogP contribution in [-0.4, -0.2) is 111 Å². The van der Waals surface area contributed by atoms with Gasteiger partial charge in [-0.3, -0.25) is 14.4 Å². The molecule has 2 heterocycles. The fourth-order valence-corrected chi connectivity index (χ4v) is 9.22. The summed E-state index contributed by atoms with van der Waals surface area (Å²) in [6.07, 6.45) is 5.33. The van der Waals surface area contributed by atoms with Gasteiger partial charge in [0, 0.05) is 38.6 Å². The second kappa shape index (κ2) is 21.4. The van der Waals surface area contributed by atoms with E-state index in [4.69, 9.17) is 14.2 Å². The molecule has 3 rings (SSSR count). The molecule has 0 unspecified atom stereocenters. The normalized spacial score (nSPS) is 16.5. The average molecular weight is 836 g/mol. The molecule has 1 atom stereocenters. The number of sulfonamides is 1. The zero-order chi connectivity index (χ0) is 43.4. The topological polar surface area (TPSA) is 190 Å². The summed E-state index contributed by atoms with van der Waals surface area (Å²) in [5.74, 6) is -1.42. The maximum Gasteiger partial charge on any atom is 0.410 e. The summed E-state index contributed by atoms with van der Waals surface area (Å²) in [6.45, 7) is 19.5. The summed E-state index contributed by atoms with van der Waals surface area (Å²) in [7, 11) is -4.17. The monoisotopic (exact) mass is 835 g/mol. The molecule has 0 saturated carbocycles. The van der Waals surface area contributed by atoms with Crippen LogP contribution in [0.15, 0.2) is 17.0 Å². The van der Waals surface area contributed by atoms with Crippen LogP contribution in [0.2, 0.25) is 0 Å². The van der Waals surface area contributed by atoms with Crippen molar-refractivity contribution in [1.29, 1.82) is 0 Å². The molecule has 0 aliphatic carbocycles. The van der Waals surface area contributed by atoms with Gasteiger partial charge in [0.1, 0.15) is 17.2 Å². The van der Waals surface area contributed by atoms with Gasteiger partial charge in [-0.15, -0.1) is 0 Å². The van der Waals surface area contributed by atoms with Gasteiger partial charge < -0.3 is 34.6 Å². The second-order valence-electron chi connectivity index (χ2n) is 17.8. The van der Waals surface area contributed by atoms with E-state index >= 15 is 0 Å². The fourth-order valence-electron chi connectivity index (χ4n) is 7.58. The third-order valence-corrected chi connectivity index (χ3v) is 12.2. The van der Waals surface area contributed by atoms with Crippen molar-refractivity contribution < 1.29 is 46.6 Å². The van der Waals surface area contributed by atoms with Crippen LogP contribution in [-0.2, 0) is 38.6 Å². The number of nitrogens with one attached hydrogen (secondary N) is 3. The van der Waals surface area contributed by atoms with Gasteiger partial charge in [0.15, 0.2) is 0 Å². The van der Waals surface area contributed by atoms with Gasteiger partial charge in [-0.25, -0.2) is 18.0 Å². The average Bonchev–Trinajstić information content (AvgIpc) is 3.10. The van der Waals surface area contributed by atoms with Crippen LogP contribution in [0.1, 0.15) is 117 Å². The van der Waals surface area contributed by atoms with Gasteiger partial charge in [-0.1, -0.05) is 17.7 Å². The summed E-state index contributed by atoms with van der Waals surface area (Å²) in [5, 5.41) is 5.36. The largest absolute Gasteiger partial charge is 0.465 e. The number of amides is 4. The molecule has 328 valence electrons. The van der Waals surface area contributed by atoms with Crippen molar-refractivity contribution in [2.75, 3.05) is 45.9 Å². The van der Waals surface area contributed by atoms with E-state index in [-0.39, 0.29) is 48.6 Å². The molecule has 4 amide bonds. The van der Waals surface area contributed by atoms with Crippen molar-refractivity contribution in [3.8, 4) is 0 Å². The van der Waals surface area contributed by atoms with Crippen molar-refractivity contribution in [3.05, 3.63) is 28.8 Å². The Labute approximate surface area is 346 Å². The fraction of sp³-hybridized carbons (Fsp3) is 0.738. The van der Waals surface area contributed by atoms with E-state index in [2.05, 4.69) is 15.4 Å². The highest BCUT2D eigenvalue weighted by molar-refractivity contribution is 7.89. The molecule has 58 heavy (non-hydrogen) atoms. The van der Waals surface area contributed by atoms with Crippen LogP contribution in [0.5, 0.6) is 0 Å². The van der Waals surface area contributed by atoms with Gasteiger partial charge in [0.2, 0.25) is 21.8 Å². The number of aryl methyl sites for hydroxylation is 3. The second-order valence-corrected chi connectivity index (χ2v) is 19.5. The molecule has 2 aliphatic rings. The van der Waals surface area contributed by atoms with Gasteiger partial charge in [-0.2, -0.15) is 4.72 Å². The number of carbonyl (C=O) groups is 5.